The Morgan fingerprint density at radius 3 is 2.39 bits per heavy atom. The number of aryl methyl sites for hydroxylation is 2. The predicted octanol–water partition coefficient (Wildman–Crippen LogP) is 3.70. The second-order valence-corrected chi connectivity index (χ2v) is 8.78. The van der Waals surface area contributed by atoms with E-state index in [1.807, 2.05) is 43.3 Å². The first-order chi connectivity index (χ1) is 13.3. The number of aromatic nitrogens is 1. The highest BCUT2D eigenvalue weighted by Crippen LogP contribution is 2.23. The van der Waals surface area contributed by atoms with E-state index in [9.17, 15) is 13.2 Å². The van der Waals surface area contributed by atoms with Crippen LogP contribution in [0.2, 0.25) is 0 Å². The van der Waals surface area contributed by atoms with Crippen molar-refractivity contribution in [3.63, 3.8) is 0 Å². The number of carbonyl (C=O) groups is 1. The molecule has 28 heavy (non-hydrogen) atoms. The van der Waals surface area contributed by atoms with E-state index in [1.54, 1.807) is 25.3 Å². The first-order valence-electron chi connectivity index (χ1n) is 8.85. The molecule has 0 aliphatic rings. The van der Waals surface area contributed by atoms with Gasteiger partial charge in [0, 0.05) is 18.0 Å². The Morgan fingerprint density at radius 1 is 1.00 bits per heavy atom. The van der Waals surface area contributed by atoms with Crippen molar-refractivity contribution < 1.29 is 13.2 Å². The number of pyridine rings is 1. The summed E-state index contributed by atoms with van der Waals surface area (Å²) in [5.74, 6) is -0.339. The number of nitrogens with zero attached hydrogens (tertiary/aromatic N) is 1. The van der Waals surface area contributed by atoms with Gasteiger partial charge in [-0.3, -0.25) is 9.78 Å². The lowest BCUT2D eigenvalue weighted by molar-refractivity contribution is 0.0950. The van der Waals surface area contributed by atoms with Crippen LogP contribution in [-0.2, 0) is 16.4 Å². The molecule has 0 saturated carbocycles. The molecule has 5 nitrogen and oxygen atoms in total. The summed E-state index contributed by atoms with van der Waals surface area (Å²) < 4.78 is 23.7. The molecule has 1 amide bonds. The van der Waals surface area contributed by atoms with Gasteiger partial charge >= 0.3 is 0 Å². The third-order valence-corrected chi connectivity index (χ3v) is 5.76. The summed E-state index contributed by atoms with van der Waals surface area (Å²) in [6.07, 6.45) is 2.93. The normalized spacial score (nSPS) is 11.2. The lowest BCUT2D eigenvalue weighted by Crippen LogP contribution is -2.23. The van der Waals surface area contributed by atoms with E-state index in [0.717, 1.165) is 28.6 Å². The van der Waals surface area contributed by atoms with Crippen LogP contribution in [-0.4, -0.2) is 25.6 Å². The SMILES string of the molecule is Cc1cnc(CNC(=O)c2ccc(C)c(S(C)(=O)=O)c2)cc1-c1ccccc1. The number of carbonyl (C=O) groups excluding carboxylic acids is 1. The minimum absolute atomic E-state index is 0.167. The first-order valence-corrected chi connectivity index (χ1v) is 10.7. The highest BCUT2D eigenvalue weighted by molar-refractivity contribution is 7.90. The highest BCUT2D eigenvalue weighted by atomic mass is 32.2. The van der Waals surface area contributed by atoms with Gasteiger partial charge < -0.3 is 5.32 Å². The van der Waals surface area contributed by atoms with Gasteiger partial charge in [-0.1, -0.05) is 36.4 Å². The molecule has 1 heterocycles. The summed E-state index contributed by atoms with van der Waals surface area (Å²) in [7, 11) is -3.39. The molecule has 6 heteroatoms. The van der Waals surface area contributed by atoms with Crippen molar-refractivity contribution >= 4 is 15.7 Å². The van der Waals surface area contributed by atoms with Crippen LogP contribution in [0.5, 0.6) is 0 Å². The molecule has 3 rings (SSSR count). The molecule has 3 aromatic rings. The fourth-order valence-electron chi connectivity index (χ4n) is 3.01. The van der Waals surface area contributed by atoms with Gasteiger partial charge in [-0.05, 0) is 54.3 Å². The highest BCUT2D eigenvalue weighted by Gasteiger charge is 2.15. The average molecular weight is 394 g/mol. The van der Waals surface area contributed by atoms with Crippen LogP contribution in [0.25, 0.3) is 11.1 Å². The molecule has 0 unspecified atom stereocenters. The second-order valence-electron chi connectivity index (χ2n) is 6.79. The molecule has 2 aromatic carbocycles. The maximum absolute atomic E-state index is 12.5. The minimum Gasteiger partial charge on any atom is -0.346 e. The Bertz CT molecular complexity index is 1120. The zero-order chi connectivity index (χ0) is 20.3. The third-order valence-electron chi connectivity index (χ3n) is 4.52. The third kappa shape index (κ3) is 4.46. The van der Waals surface area contributed by atoms with Crippen LogP contribution in [0.3, 0.4) is 0 Å². The van der Waals surface area contributed by atoms with Gasteiger partial charge in [0.1, 0.15) is 0 Å². The second kappa shape index (κ2) is 7.94. The smallest absolute Gasteiger partial charge is 0.251 e. The van der Waals surface area contributed by atoms with E-state index in [2.05, 4.69) is 10.3 Å². The largest absolute Gasteiger partial charge is 0.346 e. The molecule has 0 spiro atoms. The van der Waals surface area contributed by atoms with Crippen molar-refractivity contribution in [1.82, 2.24) is 10.3 Å². The first kappa shape index (κ1) is 19.8. The molecule has 0 saturated heterocycles. The Balaban J connectivity index is 1.79. The zero-order valence-electron chi connectivity index (χ0n) is 16.1. The number of hydrogen-bond acceptors (Lipinski definition) is 4. The molecule has 1 N–H and O–H groups in total. The molecule has 144 valence electrons. The Morgan fingerprint density at radius 2 is 1.71 bits per heavy atom. The minimum atomic E-state index is -3.39. The van der Waals surface area contributed by atoms with Crippen molar-refractivity contribution in [2.45, 2.75) is 25.3 Å². The van der Waals surface area contributed by atoms with Crippen LogP contribution in [0, 0.1) is 13.8 Å². The summed E-state index contributed by atoms with van der Waals surface area (Å²) in [4.78, 5) is 17.1. The zero-order valence-corrected chi connectivity index (χ0v) is 16.9. The van der Waals surface area contributed by atoms with Gasteiger partial charge in [0.2, 0.25) is 0 Å². The molecule has 0 aliphatic carbocycles. The average Bonchev–Trinajstić information content (AvgIpc) is 2.67. The van der Waals surface area contributed by atoms with E-state index in [1.165, 1.54) is 6.07 Å². The van der Waals surface area contributed by atoms with Gasteiger partial charge in [-0.2, -0.15) is 0 Å². The fraction of sp³-hybridized carbons (Fsp3) is 0.182. The van der Waals surface area contributed by atoms with E-state index in [-0.39, 0.29) is 17.3 Å². The van der Waals surface area contributed by atoms with Crippen molar-refractivity contribution in [2.75, 3.05) is 6.26 Å². The summed E-state index contributed by atoms with van der Waals surface area (Å²) >= 11 is 0. The van der Waals surface area contributed by atoms with E-state index < -0.39 is 9.84 Å². The van der Waals surface area contributed by atoms with E-state index in [4.69, 9.17) is 0 Å². The van der Waals surface area contributed by atoms with Crippen LogP contribution in [0.4, 0.5) is 0 Å². The topological polar surface area (TPSA) is 76.1 Å². The van der Waals surface area contributed by atoms with E-state index in [0.29, 0.717) is 11.1 Å². The van der Waals surface area contributed by atoms with Gasteiger partial charge in [0.15, 0.2) is 9.84 Å². The van der Waals surface area contributed by atoms with Gasteiger partial charge in [0.25, 0.3) is 5.91 Å². The molecule has 0 fully saturated rings. The number of amides is 1. The molecule has 0 aliphatic heterocycles. The molecular formula is C22H22N2O3S. The van der Waals surface area contributed by atoms with Gasteiger partial charge in [-0.15, -0.1) is 0 Å². The molecular weight excluding hydrogens is 372 g/mol. The van der Waals surface area contributed by atoms with Gasteiger partial charge in [0.05, 0.1) is 17.1 Å². The maximum atomic E-state index is 12.5. The summed E-state index contributed by atoms with van der Waals surface area (Å²) in [5.41, 5.74) is 4.86. The van der Waals surface area contributed by atoms with Crippen molar-refractivity contribution in [1.29, 1.82) is 0 Å². The van der Waals surface area contributed by atoms with Crippen molar-refractivity contribution in [2.24, 2.45) is 0 Å². The van der Waals surface area contributed by atoms with Gasteiger partial charge in [-0.25, -0.2) is 8.42 Å². The lowest BCUT2D eigenvalue weighted by atomic mass is 10.0. The van der Waals surface area contributed by atoms with Crippen LogP contribution >= 0.6 is 0 Å². The quantitative estimate of drug-likeness (QED) is 0.716. The van der Waals surface area contributed by atoms with Crippen LogP contribution in [0.15, 0.2) is 65.7 Å². The lowest BCUT2D eigenvalue weighted by Gasteiger charge is -2.11. The van der Waals surface area contributed by atoms with Crippen LogP contribution in [0.1, 0.15) is 27.2 Å². The number of nitrogens with one attached hydrogen (secondary N) is 1. The molecule has 1 aromatic heterocycles. The molecule has 0 radical (unpaired) electrons. The number of sulfone groups is 1. The van der Waals surface area contributed by atoms with E-state index >= 15 is 0 Å². The van der Waals surface area contributed by atoms with Crippen molar-refractivity contribution in [3.05, 3.63) is 83.2 Å². The van der Waals surface area contributed by atoms with Crippen LogP contribution < -0.4 is 5.32 Å². The molecule has 0 bridgehead atoms. The Hall–Kier alpha value is -2.99. The molecule has 0 atom stereocenters. The van der Waals surface area contributed by atoms with Crippen molar-refractivity contribution in [3.8, 4) is 11.1 Å². The Labute approximate surface area is 165 Å². The number of benzene rings is 2. The fourth-order valence-corrected chi connectivity index (χ4v) is 4.00. The summed E-state index contributed by atoms with van der Waals surface area (Å²) in [5, 5.41) is 2.82. The Kier molecular flexibility index (Phi) is 5.61. The summed E-state index contributed by atoms with van der Waals surface area (Å²) in [6.45, 7) is 3.96. The monoisotopic (exact) mass is 394 g/mol. The maximum Gasteiger partial charge on any atom is 0.251 e. The predicted molar refractivity (Wildman–Crippen MR) is 110 cm³/mol. The number of hydrogen-bond donors (Lipinski definition) is 1. The standard InChI is InChI=1S/C22H22N2O3S/c1-15-9-10-18(11-21(15)28(3,26)27)22(25)24-14-19-12-20(16(2)13-23-19)17-7-5-4-6-8-17/h4-13H,14H2,1-3H3,(H,24,25). The number of rotatable bonds is 5. The summed E-state index contributed by atoms with van der Waals surface area (Å²) in [6, 6.07) is 16.6.